The largest absolute Gasteiger partial charge is 0.422 e. The lowest BCUT2D eigenvalue weighted by molar-refractivity contribution is -0.113. The molecule has 0 radical (unpaired) electrons. The molecule has 0 fully saturated rings. The smallest absolute Gasteiger partial charge is 0.343 e. The summed E-state index contributed by atoms with van der Waals surface area (Å²) in [5.41, 5.74) is 5.28. The zero-order valence-electron chi connectivity index (χ0n) is 8.34. The van der Waals surface area contributed by atoms with Crippen LogP contribution in [0.5, 0.6) is 0 Å². The Bertz CT molecular complexity index is 625. The first-order valence-corrected chi connectivity index (χ1v) is 4.67. The normalized spacial score (nSPS) is 11.0. The Morgan fingerprint density at radius 1 is 1.31 bits per heavy atom. The van der Waals surface area contributed by atoms with Gasteiger partial charge in [0.15, 0.2) is 0 Å². The second kappa shape index (κ2) is 4.02. The molecule has 0 unspecified atom stereocenters. The van der Waals surface area contributed by atoms with Crippen molar-refractivity contribution in [3.05, 3.63) is 52.4 Å². The monoisotopic (exact) mass is 215 g/mol. The zero-order chi connectivity index (χ0) is 11.5. The Labute approximate surface area is 91.0 Å². The first-order chi connectivity index (χ1) is 7.66. The number of hydrogen-bond acceptors (Lipinski definition) is 3. The van der Waals surface area contributed by atoms with Crippen LogP contribution in [-0.2, 0) is 4.79 Å². The quantitative estimate of drug-likeness (QED) is 0.606. The first-order valence-electron chi connectivity index (χ1n) is 4.67. The van der Waals surface area contributed by atoms with Crippen molar-refractivity contribution >= 4 is 23.0 Å². The van der Waals surface area contributed by atoms with Crippen LogP contribution in [-0.4, -0.2) is 5.91 Å². The number of hydrogen-bond donors (Lipinski definition) is 1. The van der Waals surface area contributed by atoms with Crippen LogP contribution in [0.15, 0.2) is 45.6 Å². The van der Waals surface area contributed by atoms with Crippen LogP contribution >= 0.6 is 0 Å². The summed E-state index contributed by atoms with van der Waals surface area (Å²) in [6.07, 6.45) is 2.47. The summed E-state index contributed by atoms with van der Waals surface area (Å²) in [5, 5.41) is 0.797. The Kier molecular flexibility index (Phi) is 2.55. The Morgan fingerprint density at radius 2 is 2.06 bits per heavy atom. The zero-order valence-corrected chi connectivity index (χ0v) is 8.34. The third-order valence-corrected chi connectivity index (χ3v) is 2.10. The number of carbonyl (C=O) groups excluding carboxylic acids is 1. The first kappa shape index (κ1) is 10.2. The fourth-order valence-corrected chi connectivity index (χ4v) is 1.37. The van der Waals surface area contributed by atoms with Crippen molar-refractivity contribution in [3.63, 3.8) is 0 Å². The van der Waals surface area contributed by atoms with Gasteiger partial charge in [-0.15, -0.1) is 0 Å². The van der Waals surface area contributed by atoms with Crippen molar-refractivity contribution in [2.75, 3.05) is 0 Å². The molecule has 4 nitrogen and oxygen atoms in total. The van der Waals surface area contributed by atoms with E-state index >= 15 is 0 Å². The number of benzene rings is 1. The molecule has 2 aromatic rings. The maximum absolute atomic E-state index is 11.5. The van der Waals surface area contributed by atoms with Crippen LogP contribution in [0.3, 0.4) is 0 Å². The number of nitrogens with two attached hydrogens (primary N) is 1. The summed E-state index contributed by atoms with van der Waals surface area (Å²) >= 11 is 0. The molecule has 0 aliphatic heterocycles. The van der Waals surface area contributed by atoms with Gasteiger partial charge in [-0.1, -0.05) is 18.2 Å². The van der Waals surface area contributed by atoms with Crippen LogP contribution in [0.4, 0.5) is 0 Å². The van der Waals surface area contributed by atoms with Crippen molar-refractivity contribution in [1.29, 1.82) is 0 Å². The summed E-state index contributed by atoms with van der Waals surface area (Å²) in [7, 11) is 0. The fraction of sp³-hybridized carbons (Fsp3) is 0. The number of amides is 1. The van der Waals surface area contributed by atoms with Crippen LogP contribution in [0.1, 0.15) is 5.56 Å². The molecule has 1 heterocycles. The summed E-state index contributed by atoms with van der Waals surface area (Å²) in [6.45, 7) is 0. The number of carbonyl (C=O) groups is 1. The van der Waals surface area contributed by atoms with E-state index in [0.29, 0.717) is 11.1 Å². The molecule has 1 aromatic carbocycles. The van der Waals surface area contributed by atoms with E-state index in [0.717, 1.165) is 11.5 Å². The van der Waals surface area contributed by atoms with Crippen molar-refractivity contribution < 1.29 is 9.21 Å². The number of fused-ring (bicyclic) bond motifs is 1. The third kappa shape index (κ3) is 2.00. The van der Waals surface area contributed by atoms with Gasteiger partial charge >= 0.3 is 5.63 Å². The maximum atomic E-state index is 11.5. The van der Waals surface area contributed by atoms with Gasteiger partial charge in [0.05, 0.1) is 5.56 Å². The molecule has 0 saturated carbocycles. The second-order valence-electron chi connectivity index (χ2n) is 3.26. The molecule has 0 bridgehead atoms. The summed E-state index contributed by atoms with van der Waals surface area (Å²) in [5.74, 6) is -0.604. The van der Waals surface area contributed by atoms with Crippen LogP contribution in [0.25, 0.3) is 17.0 Å². The number of rotatable bonds is 2. The van der Waals surface area contributed by atoms with Crippen molar-refractivity contribution in [1.82, 2.24) is 0 Å². The summed E-state index contributed by atoms with van der Waals surface area (Å²) in [6, 6.07) is 8.80. The fourth-order valence-electron chi connectivity index (χ4n) is 1.37. The predicted molar refractivity (Wildman–Crippen MR) is 60.7 cm³/mol. The lowest BCUT2D eigenvalue weighted by atomic mass is 10.2. The SMILES string of the molecule is NC(=O)C=Cc1cc2ccccc2oc1=O. The highest BCUT2D eigenvalue weighted by molar-refractivity contribution is 5.90. The molecule has 1 aromatic heterocycles. The minimum absolute atomic E-state index is 0.303. The van der Waals surface area contributed by atoms with E-state index in [2.05, 4.69) is 0 Å². The van der Waals surface area contributed by atoms with Gasteiger partial charge < -0.3 is 10.2 Å². The average molecular weight is 215 g/mol. The lowest BCUT2D eigenvalue weighted by Crippen LogP contribution is -2.07. The molecule has 4 heteroatoms. The lowest BCUT2D eigenvalue weighted by Gasteiger charge is -1.96. The molecule has 0 saturated heterocycles. The van der Waals surface area contributed by atoms with E-state index in [4.69, 9.17) is 10.2 Å². The van der Waals surface area contributed by atoms with Gasteiger partial charge in [0, 0.05) is 11.5 Å². The molecule has 2 N–H and O–H groups in total. The standard InChI is InChI=1S/C12H9NO3/c13-11(14)6-5-9-7-8-3-1-2-4-10(8)16-12(9)15/h1-7H,(H2,13,14). The van der Waals surface area contributed by atoms with Crippen LogP contribution < -0.4 is 11.4 Å². The molecular weight excluding hydrogens is 206 g/mol. The molecular formula is C12H9NO3. The van der Waals surface area contributed by atoms with E-state index in [1.807, 2.05) is 12.1 Å². The second-order valence-corrected chi connectivity index (χ2v) is 3.26. The van der Waals surface area contributed by atoms with Crippen LogP contribution in [0.2, 0.25) is 0 Å². The number of primary amides is 1. The van der Waals surface area contributed by atoms with E-state index in [9.17, 15) is 9.59 Å². The molecule has 0 atom stereocenters. The molecule has 2 rings (SSSR count). The molecule has 80 valence electrons. The highest BCUT2D eigenvalue weighted by atomic mass is 16.4. The Balaban J connectivity index is 2.59. The van der Waals surface area contributed by atoms with Crippen molar-refractivity contribution in [2.24, 2.45) is 5.73 Å². The predicted octanol–water partition coefficient (Wildman–Crippen LogP) is 1.29. The summed E-state index contributed by atoms with van der Waals surface area (Å²) in [4.78, 5) is 22.0. The Hall–Kier alpha value is -2.36. The van der Waals surface area contributed by atoms with Gasteiger partial charge in [0.25, 0.3) is 0 Å². The number of para-hydroxylation sites is 1. The van der Waals surface area contributed by atoms with Gasteiger partial charge in [-0.2, -0.15) is 0 Å². The van der Waals surface area contributed by atoms with Gasteiger partial charge in [-0.3, -0.25) is 4.79 Å². The maximum Gasteiger partial charge on any atom is 0.343 e. The van der Waals surface area contributed by atoms with Gasteiger partial charge in [0.1, 0.15) is 5.58 Å². The highest BCUT2D eigenvalue weighted by Gasteiger charge is 2.01. The Morgan fingerprint density at radius 3 is 2.81 bits per heavy atom. The van der Waals surface area contributed by atoms with Crippen LogP contribution in [0, 0.1) is 0 Å². The molecule has 0 aliphatic rings. The minimum atomic E-state index is -0.604. The van der Waals surface area contributed by atoms with E-state index in [1.54, 1.807) is 18.2 Å². The molecule has 0 aliphatic carbocycles. The van der Waals surface area contributed by atoms with Crippen molar-refractivity contribution in [3.8, 4) is 0 Å². The average Bonchev–Trinajstić information content (AvgIpc) is 2.26. The van der Waals surface area contributed by atoms with Crippen molar-refractivity contribution in [2.45, 2.75) is 0 Å². The third-order valence-electron chi connectivity index (χ3n) is 2.10. The van der Waals surface area contributed by atoms with Gasteiger partial charge in [-0.25, -0.2) is 4.79 Å². The van der Waals surface area contributed by atoms with E-state index in [1.165, 1.54) is 6.08 Å². The van der Waals surface area contributed by atoms with Gasteiger partial charge in [0.2, 0.25) is 5.91 Å². The highest BCUT2D eigenvalue weighted by Crippen LogP contribution is 2.12. The topological polar surface area (TPSA) is 73.3 Å². The molecule has 1 amide bonds. The van der Waals surface area contributed by atoms with Gasteiger partial charge in [-0.05, 0) is 18.2 Å². The van der Waals surface area contributed by atoms with E-state index in [-0.39, 0.29) is 0 Å². The summed E-state index contributed by atoms with van der Waals surface area (Å²) < 4.78 is 5.07. The molecule has 0 spiro atoms. The van der Waals surface area contributed by atoms with E-state index < -0.39 is 11.5 Å². The molecule has 16 heavy (non-hydrogen) atoms. The minimum Gasteiger partial charge on any atom is -0.422 e.